The zero-order chi connectivity index (χ0) is 14.8. The molecule has 19 heavy (non-hydrogen) atoms. The molecule has 3 unspecified atom stereocenters. The number of carbonyl (C=O) groups is 1. The lowest BCUT2D eigenvalue weighted by Crippen LogP contribution is -2.37. The Hall–Kier alpha value is -0.870. The van der Waals surface area contributed by atoms with E-state index in [1.54, 1.807) is 19.1 Å². The normalized spacial score (nSPS) is 25.6. The number of hydrogen-bond donors (Lipinski definition) is 1. The van der Waals surface area contributed by atoms with Crippen molar-refractivity contribution in [2.24, 2.45) is 17.3 Å². The number of aliphatic hydroxyl groups excluding tert-OH is 1. The van der Waals surface area contributed by atoms with E-state index in [1.807, 2.05) is 0 Å². The van der Waals surface area contributed by atoms with E-state index >= 15 is 0 Å². The van der Waals surface area contributed by atoms with Crippen molar-refractivity contribution in [3.05, 3.63) is 11.6 Å². The van der Waals surface area contributed by atoms with Crippen LogP contribution < -0.4 is 0 Å². The third-order valence-electron chi connectivity index (χ3n) is 3.91. The van der Waals surface area contributed by atoms with Crippen LogP contribution in [0.3, 0.4) is 0 Å². The summed E-state index contributed by atoms with van der Waals surface area (Å²) >= 11 is 0. The summed E-state index contributed by atoms with van der Waals surface area (Å²) in [4.78, 5) is 14.0. The largest absolute Gasteiger partial charge is 0.389 e. The van der Waals surface area contributed by atoms with Crippen molar-refractivity contribution >= 4 is 5.91 Å². The number of nitrogens with zero attached hydrogens (tertiary/aromatic N) is 1. The Morgan fingerprint density at radius 1 is 1.47 bits per heavy atom. The lowest BCUT2D eigenvalue weighted by molar-refractivity contribution is -0.133. The number of likely N-dealkylation sites (N-methyl/N-ethyl adjacent to an activating group) is 1. The van der Waals surface area contributed by atoms with Crippen LogP contribution in [0.4, 0.5) is 0 Å². The number of hydrogen-bond acceptors (Lipinski definition) is 3. The summed E-state index contributed by atoms with van der Waals surface area (Å²) in [6.07, 6.45) is 1.56. The molecular formula is C15H27NO3. The van der Waals surface area contributed by atoms with Gasteiger partial charge in [0.15, 0.2) is 0 Å². The fourth-order valence-corrected chi connectivity index (χ4v) is 2.71. The van der Waals surface area contributed by atoms with E-state index < -0.39 is 6.10 Å². The van der Waals surface area contributed by atoms with Crippen LogP contribution in [-0.2, 0) is 9.53 Å². The molecule has 0 aromatic heterocycles. The molecule has 0 aromatic carbocycles. The summed E-state index contributed by atoms with van der Waals surface area (Å²) in [6.45, 7) is 8.94. The summed E-state index contributed by atoms with van der Waals surface area (Å²) in [7, 11) is 3.29. The minimum Gasteiger partial charge on any atom is -0.389 e. The molecule has 0 heterocycles. The minimum absolute atomic E-state index is 0.0226. The molecule has 0 saturated heterocycles. The summed E-state index contributed by atoms with van der Waals surface area (Å²) in [5.74, 6) is 0.455. The molecule has 1 rings (SSSR count). The zero-order valence-electron chi connectivity index (χ0n) is 12.9. The first-order chi connectivity index (χ1) is 8.71. The molecular weight excluding hydrogens is 242 g/mol. The quantitative estimate of drug-likeness (QED) is 0.747. The van der Waals surface area contributed by atoms with Gasteiger partial charge in [0.1, 0.15) is 0 Å². The molecule has 0 bridgehead atoms. The van der Waals surface area contributed by atoms with Crippen LogP contribution >= 0.6 is 0 Å². The lowest BCUT2D eigenvalue weighted by Gasteiger charge is -2.21. The highest BCUT2D eigenvalue weighted by atomic mass is 16.5. The van der Waals surface area contributed by atoms with E-state index in [2.05, 4.69) is 33.8 Å². The monoisotopic (exact) mass is 269 g/mol. The Morgan fingerprint density at radius 2 is 2.05 bits per heavy atom. The van der Waals surface area contributed by atoms with Gasteiger partial charge in [-0.25, -0.2) is 0 Å². The number of methoxy groups -OCH3 is 1. The zero-order valence-corrected chi connectivity index (χ0v) is 12.9. The van der Waals surface area contributed by atoms with Crippen LogP contribution in [0.1, 0.15) is 27.7 Å². The van der Waals surface area contributed by atoms with Crippen LogP contribution in [0.5, 0.6) is 0 Å². The molecule has 3 atom stereocenters. The van der Waals surface area contributed by atoms with Gasteiger partial charge in [-0.1, -0.05) is 25.5 Å². The molecule has 4 nitrogen and oxygen atoms in total. The predicted molar refractivity (Wildman–Crippen MR) is 75.7 cm³/mol. The Labute approximate surface area is 116 Å². The van der Waals surface area contributed by atoms with E-state index in [0.717, 1.165) is 0 Å². The number of rotatable bonds is 6. The highest BCUT2D eigenvalue weighted by Crippen LogP contribution is 2.59. The van der Waals surface area contributed by atoms with E-state index in [0.29, 0.717) is 12.5 Å². The maximum absolute atomic E-state index is 12.4. The number of ether oxygens (including phenoxy) is 1. The molecule has 1 aliphatic carbocycles. The first kappa shape index (κ1) is 16.2. The Bertz CT molecular complexity index is 358. The second kappa shape index (κ2) is 6.06. The Balaban J connectivity index is 2.61. The smallest absolute Gasteiger partial charge is 0.226 e. The number of allylic oxidation sites excluding steroid dienone is 2. The van der Waals surface area contributed by atoms with Gasteiger partial charge in [-0.2, -0.15) is 0 Å². The minimum atomic E-state index is -0.622. The summed E-state index contributed by atoms with van der Waals surface area (Å²) < 4.78 is 4.88. The second-order valence-corrected chi connectivity index (χ2v) is 6.40. The van der Waals surface area contributed by atoms with Crippen molar-refractivity contribution in [3.63, 3.8) is 0 Å². The van der Waals surface area contributed by atoms with Gasteiger partial charge in [0.2, 0.25) is 5.91 Å². The van der Waals surface area contributed by atoms with E-state index in [9.17, 15) is 9.90 Å². The van der Waals surface area contributed by atoms with Crippen molar-refractivity contribution in [2.45, 2.75) is 33.8 Å². The standard InChI is InChI=1S/C15H27NO3/c1-10(2)7-12-13(15(12,3)4)14(18)16(5)8-11(17)9-19-6/h7,11-13,17H,8-9H2,1-6H3. The first-order valence-corrected chi connectivity index (χ1v) is 6.78. The van der Waals surface area contributed by atoms with Gasteiger partial charge in [-0.05, 0) is 25.2 Å². The first-order valence-electron chi connectivity index (χ1n) is 6.78. The van der Waals surface area contributed by atoms with Crippen LogP contribution in [0.15, 0.2) is 11.6 Å². The van der Waals surface area contributed by atoms with Crippen LogP contribution in [0, 0.1) is 17.3 Å². The average molecular weight is 269 g/mol. The SMILES string of the molecule is COCC(O)CN(C)C(=O)C1C(C=C(C)C)C1(C)C. The number of carbonyl (C=O) groups excluding carboxylic acids is 1. The van der Waals surface area contributed by atoms with Gasteiger partial charge >= 0.3 is 0 Å². The van der Waals surface area contributed by atoms with Crippen molar-refractivity contribution < 1.29 is 14.6 Å². The van der Waals surface area contributed by atoms with Crippen LogP contribution in [0.2, 0.25) is 0 Å². The molecule has 1 aliphatic rings. The fraction of sp³-hybridized carbons (Fsp3) is 0.800. The van der Waals surface area contributed by atoms with Crippen LogP contribution in [-0.4, -0.2) is 49.3 Å². The van der Waals surface area contributed by atoms with Gasteiger partial charge < -0.3 is 14.7 Å². The molecule has 1 N–H and O–H groups in total. The Morgan fingerprint density at radius 3 is 2.53 bits per heavy atom. The molecule has 1 amide bonds. The van der Waals surface area contributed by atoms with Gasteiger partial charge in [0, 0.05) is 20.7 Å². The Kier molecular flexibility index (Phi) is 5.16. The average Bonchev–Trinajstić information content (AvgIpc) is 2.78. The van der Waals surface area contributed by atoms with Crippen molar-refractivity contribution in [1.82, 2.24) is 4.90 Å². The highest BCUT2D eigenvalue weighted by Gasteiger charge is 2.60. The molecule has 0 radical (unpaired) electrons. The number of aliphatic hydroxyl groups is 1. The second-order valence-electron chi connectivity index (χ2n) is 6.40. The maximum Gasteiger partial charge on any atom is 0.226 e. The van der Waals surface area contributed by atoms with E-state index in [1.165, 1.54) is 5.57 Å². The number of amides is 1. The van der Waals surface area contributed by atoms with Gasteiger partial charge in [-0.15, -0.1) is 0 Å². The third kappa shape index (κ3) is 3.80. The molecule has 0 aromatic rings. The van der Waals surface area contributed by atoms with E-state index in [4.69, 9.17) is 4.74 Å². The molecule has 1 saturated carbocycles. The summed E-state index contributed by atoms with van der Waals surface area (Å²) in [5.41, 5.74) is 1.27. The highest BCUT2D eigenvalue weighted by molar-refractivity contribution is 5.83. The van der Waals surface area contributed by atoms with Crippen molar-refractivity contribution in [2.75, 3.05) is 27.3 Å². The van der Waals surface area contributed by atoms with Gasteiger partial charge in [0.05, 0.1) is 18.6 Å². The van der Waals surface area contributed by atoms with Gasteiger partial charge in [-0.3, -0.25) is 4.79 Å². The molecule has 110 valence electrons. The van der Waals surface area contributed by atoms with Gasteiger partial charge in [0.25, 0.3) is 0 Å². The lowest BCUT2D eigenvalue weighted by atomic mass is 10.1. The van der Waals surface area contributed by atoms with Crippen LogP contribution in [0.25, 0.3) is 0 Å². The third-order valence-corrected chi connectivity index (χ3v) is 3.91. The summed E-state index contributed by atoms with van der Waals surface area (Å²) in [5, 5.41) is 9.68. The molecule has 4 heteroatoms. The predicted octanol–water partition coefficient (Wildman–Crippen LogP) is 1.69. The fourth-order valence-electron chi connectivity index (χ4n) is 2.71. The topological polar surface area (TPSA) is 49.8 Å². The maximum atomic E-state index is 12.4. The molecule has 1 fully saturated rings. The summed E-state index contributed by atoms with van der Waals surface area (Å²) in [6, 6.07) is 0. The van der Waals surface area contributed by atoms with E-state index in [-0.39, 0.29) is 23.8 Å². The molecule has 0 aliphatic heterocycles. The molecule has 0 spiro atoms. The van der Waals surface area contributed by atoms with Crippen molar-refractivity contribution in [1.29, 1.82) is 0 Å². The van der Waals surface area contributed by atoms with Crippen molar-refractivity contribution in [3.8, 4) is 0 Å².